The molecule has 0 radical (unpaired) electrons. The van der Waals surface area contributed by atoms with E-state index in [4.69, 9.17) is 14.5 Å². The monoisotopic (exact) mass is 594 g/mol. The highest BCUT2D eigenvalue weighted by Crippen LogP contribution is 2.37. The van der Waals surface area contributed by atoms with Crippen LogP contribution in [0.2, 0.25) is 0 Å². The average molecular weight is 595 g/mol. The van der Waals surface area contributed by atoms with Crippen molar-refractivity contribution in [2.45, 2.75) is 26.8 Å². The molecule has 6 rings (SSSR count). The Bertz CT molecular complexity index is 1970. The summed E-state index contributed by atoms with van der Waals surface area (Å²) in [6, 6.07) is 24.8. The van der Waals surface area contributed by atoms with Crippen LogP contribution in [0.3, 0.4) is 0 Å². The molecule has 3 aromatic carbocycles. The van der Waals surface area contributed by atoms with E-state index in [-0.39, 0.29) is 12.2 Å². The van der Waals surface area contributed by atoms with Crippen molar-refractivity contribution in [2.24, 2.45) is 10.9 Å². The smallest absolute Gasteiger partial charge is 0.338 e. The SMILES string of the molecule is CCOC(=O)C1=C(c2ccccc2)N=c2s/c(=C\c3ccc(OCC(C)C)c4ccccc34)c(=O)n2C1c1cccs1. The number of hydrogen-bond donors (Lipinski definition) is 0. The van der Waals surface area contributed by atoms with Crippen molar-refractivity contribution < 1.29 is 14.3 Å². The Morgan fingerprint density at radius 2 is 1.76 bits per heavy atom. The molecule has 6 nitrogen and oxygen atoms in total. The Morgan fingerprint density at radius 3 is 2.48 bits per heavy atom. The number of thiazole rings is 1. The Morgan fingerprint density at radius 1 is 1.00 bits per heavy atom. The molecule has 42 heavy (non-hydrogen) atoms. The quantitative estimate of drug-likeness (QED) is 0.201. The van der Waals surface area contributed by atoms with Gasteiger partial charge in [-0.3, -0.25) is 9.36 Å². The second-order valence-corrected chi connectivity index (χ2v) is 12.3. The summed E-state index contributed by atoms with van der Waals surface area (Å²) < 4.78 is 13.8. The van der Waals surface area contributed by atoms with Crippen LogP contribution in [-0.4, -0.2) is 23.8 Å². The topological polar surface area (TPSA) is 69.9 Å². The standard InChI is InChI=1S/C34H30N2O4S2/c1-4-39-33(38)29-30(22-11-6-5-7-12-22)35-34-36(31(29)27-15-10-18-41-27)32(37)28(42-34)19-23-16-17-26(40-20-21(2)3)25-14-9-8-13-24(23)25/h5-19,21,31H,4,20H2,1-3H3/b28-19-. The van der Waals surface area contributed by atoms with Crippen molar-refractivity contribution in [3.63, 3.8) is 0 Å². The minimum Gasteiger partial charge on any atom is -0.493 e. The number of carbonyl (C=O) groups excluding carboxylic acids is 1. The van der Waals surface area contributed by atoms with E-state index in [1.807, 2.05) is 90.3 Å². The summed E-state index contributed by atoms with van der Waals surface area (Å²) in [5, 5.41) is 3.94. The molecule has 0 fully saturated rings. The summed E-state index contributed by atoms with van der Waals surface area (Å²) in [7, 11) is 0. The largest absolute Gasteiger partial charge is 0.493 e. The number of aromatic nitrogens is 1. The van der Waals surface area contributed by atoms with Crippen molar-refractivity contribution >= 4 is 51.2 Å². The first-order valence-corrected chi connectivity index (χ1v) is 15.6. The molecule has 1 atom stereocenters. The second kappa shape index (κ2) is 11.9. The van der Waals surface area contributed by atoms with Crippen LogP contribution in [0.4, 0.5) is 0 Å². The van der Waals surface area contributed by atoms with Crippen molar-refractivity contribution in [1.29, 1.82) is 0 Å². The van der Waals surface area contributed by atoms with E-state index in [1.165, 1.54) is 22.7 Å². The summed E-state index contributed by atoms with van der Waals surface area (Å²) in [5.74, 6) is 0.749. The summed E-state index contributed by atoms with van der Waals surface area (Å²) in [5.41, 5.74) is 2.39. The third-order valence-electron chi connectivity index (χ3n) is 6.96. The fourth-order valence-corrected chi connectivity index (χ4v) is 6.92. The van der Waals surface area contributed by atoms with Crippen molar-refractivity contribution in [2.75, 3.05) is 13.2 Å². The van der Waals surface area contributed by atoms with Crippen LogP contribution in [0.15, 0.2) is 99.6 Å². The molecule has 1 unspecified atom stereocenters. The predicted molar refractivity (Wildman–Crippen MR) is 170 cm³/mol. The third-order valence-corrected chi connectivity index (χ3v) is 8.87. The summed E-state index contributed by atoms with van der Waals surface area (Å²) >= 11 is 2.82. The fourth-order valence-electron chi connectivity index (χ4n) is 5.10. The lowest BCUT2D eigenvalue weighted by Gasteiger charge is -2.24. The summed E-state index contributed by atoms with van der Waals surface area (Å²) in [4.78, 5) is 34.0. The van der Waals surface area contributed by atoms with Crippen LogP contribution in [0, 0.1) is 5.92 Å². The molecule has 2 aromatic heterocycles. The number of fused-ring (bicyclic) bond motifs is 2. The molecule has 1 aliphatic heterocycles. The van der Waals surface area contributed by atoms with E-state index in [0.717, 1.165) is 32.5 Å². The summed E-state index contributed by atoms with van der Waals surface area (Å²) in [6.45, 7) is 6.86. The van der Waals surface area contributed by atoms with E-state index >= 15 is 0 Å². The molecule has 1 aliphatic rings. The third kappa shape index (κ3) is 5.24. The van der Waals surface area contributed by atoms with Gasteiger partial charge in [0.25, 0.3) is 5.56 Å². The lowest BCUT2D eigenvalue weighted by atomic mass is 9.97. The van der Waals surface area contributed by atoms with Crippen LogP contribution in [0.25, 0.3) is 22.5 Å². The molecule has 8 heteroatoms. The molecule has 0 saturated heterocycles. The normalized spacial score (nSPS) is 15.1. The van der Waals surface area contributed by atoms with E-state index in [1.54, 1.807) is 11.5 Å². The Balaban J connectivity index is 1.57. The van der Waals surface area contributed by atoms with E-state index < -0.39 is 12.0 Å². The van der Waals surface area contributed by atoms with Crippen LogP contribution in [0.1, 0.15) is 42.8 Å². The van der Waals surface area contributed by atoms with Gasteiger partial charge in [-0.2, -0.15) is 0 Å². The first kappa shape index (κ1) is 27.9. The Labute approximate surface area is 251 Å². The van der Waals surface area contributed by atoms with Crippen molar-refractivity contribution in [3.8, 4) is 5.75 Å². The first-order chi connectivity index (χ1) is 20.5. The number of thiophene rings is 1. The minimum absolute atomic E-state index is 0.199. The molecular formula is C34H30N2O4S2. The molecule has 212 valence electrons. The predicted octanol–water partition coefficient (Wildman–Crippen LogP) is 6.19. The van der Waals surface area contributed by atoms with E-state index in [9.17, 15) is 9.59 Å². The van der Waals surface area contributed by atoms with Gasteiger partial charge in [0.15, 0.2) is 4.80 Å². The molecule has 3 heterocycles. The maximum Gasteiger partial charge on any atom is 0.338 e. The second-order valence-electron chi connectivity index (χ2n) is 10.4. The number of nitrogens with zero attached hydrogens (tertiary/aromatic N) is 2. The highest BCUT2D eigenvalue weighted by Gasteiger charge is 2.35. The average Bonchev–Trinajstić information content (AvgIpc) is 3.65. The molecule has 0 saturated carbocycles. The van der Waals surface area contributed by atoms with Gasteiger partial charge in [-0.05, 0) is 47.4 Å². The van der Waals surface area contributed by atoms with Gasteiger partial charge in [0.05, 0.1) is 29.0 Å². The van der Waals surface area contributed by atoms with Gasteiger partial charge in [0.2, 0.25) is 0 Å². The molecule has 0 spiro atoms. The first-order valence-electron chi connectivity index (χ1n) is 13.9. The van der Waals surface area contributed by atoms with E-state index in [0.29, 0.717) is 33.1 Å². The minimum atomic E-state index is -0.652. The number of carbonyl (C=O) groups is 1. The number of esters is 1. The number of benzene rings is 3. The van der Waals surface area contributed by atoms with Gasteiger partial charge < -0.3 is 9.47 Å². The summed E-state index contributed by atoms with van der Waals surface area (Å²) in [6.07, 6.45) is 1.92. The number of hydrogen-bond acceptors (Lipinski definition) is 7. The Hall–Kier alpha value is -4.27. The van der Waals surface area contributed by atoms with Gasteiger partial charge in [-0.15, -0.1) is 11.3 Å². The fraction of sp³-hybridized carbons (Fsp3) is 0.206. The number of ether oxygens (including phenoxy) is 2. The lowest BCUT2D eigenvalue weighted by molar-refractivity contribution is -0.138. The molecule has 5 aromatic rings. The highest BCUT2D eigenvalue weighted by atomic mass is 32.1. The van der Waals surface area contributed by atoms with Crippen molar-refractivity contribution in [3.05, 3.63) is 126 Å². The molecular weight excluding hydrogens is 565 g/mol. The van der Waals surface area contributed by atoms with Crippen LogP contribution >= 0.6 is 22.7 Å². The zero-order valence-electron chi connectivity index (χ0n) is 23.6. The van der Waals surface area contributed by atoms with Crippen molar-refractivity contribution in [1.82, 2.24) is 4.57 Å². The highest BCUT2D eigenvalue weighted by molar-refractivity contribution is 7.10. The lowest BCUT2D eigenvalue weighted by Crippen LogP contribution is -2.39. The molecule has 0 amide bonds. The molecule has 0 bridgehead atoms. The van der Waals surface area contributed by atoms with Gasteiger partial charge >= 0.3 is 5.97 Å². The molecule has 0 N–H and O–H groups in total. The van der Waals surface area contributed by atoms with Crippen LogP contribution in [0.5, 0.6) is 5.75 Å². The Kier molecular flexibility index (Phi) is 7.91. The van der Waals surface area contributed by atoms with Gasteiger partial charge in [0, 0.05) is 15.8 Å². The van der Waals surface area contributed by atoms with Crippen LogP contribution < -0.4 is 19.6 Å². The maximum atomic E-state index is 14.2. The van der Waals surface area contributed by atoms with Crippen LogP contribution in [-0.2, 0) is 9.53 Å². The zero-order chi connectivity index (χ0) is 29.2. The number of rotatable bonds is 8. The maximum absolute atomic E-state index is 14.2. The zero-order valence-corrected chi connectivity index (χ0v) is 25.2. The van der Waals surface area contributed by atoms with Gasteiger partial charge in [-0.25, -0.2) is 9.79 Å². The van der Waals surface area contributed by atoms with Gasteiger partial charge in [0.1, 0.15) is 11.8 Å². The van der Waals surface area contributed by atoms with Gasteiger partial charge in [-0.1, -0.05) is 91.9 Å². The van der Waals surface area contributed by atoms with E-state index in [2.05, 4.69) is 13.8 Å². The molecule has 0 aliphatic carbocycles.